The summed E-state index contributed by atoms with van der Waals surface area (Å²) in [5, 5.41) is 21.6. The first-order valence-electron chi connectivity index (χ1n) is 10.0. The molecule has 4 N–H and O–H groups in total. The molecule has 0 unspecified atom stereocenters. The molecular weight excluding hydrogens is 442 g/mol. The molecule has 1 fully saturated rings. The molecular formula is C24H19N3O5S. The molecule has 0 atom stereocenters. The molecule has 1 aromatic heterocycles. The van der Waals surface area contributed by atoms with E-state index in [1.54, 1.807) is 18.2 Å². The van der Waals surface area contributed by atoms with Gasteiger partial charge < -0.3 is 15.2 Å². The zero-order valence-electron chi connectivity index (χ0n) is 17.2. The van der Waals surface area contributed by atoms with E-state index in [4.69, 9.17) is 17.3 Å². The molecule has 9 heteroatoms. The number of amides is 2. The van der Waals surface area contributed by atoms with Crippen LogP contribution in [-0.4, -0.2) is 49.5 Å². The minimum Gasteiger partial charge on any atom is -0.507 e. The van der Waals surface area contributed by atoms with E-state index in [9.17, 15) is 19.5 Å². The Morgan fingerprint density at radius 2 is 1.82 bits per heavy atom. The van der Waals surface area contributed by atoms with Crippen molar-refractivity contribution in [3.8, 4) is 17.0 Å². The average Bonchev–Trinajstić information content (AvgIpc) is 3.25. The van der Waals surface area contributed by atoms with Crippen LogP contribution in [0, 0.1) is 0 Å². The normalized spacial score (nSPS) is 15.1. The van der Waals surface area contributed by atoms with Crippen molar-refractivity contribution < 1.29 is 24.6 Å². The minimum atomic E-state index is -1.23. The number of phenols is 1. The Bertz CT molecular complexity index is 1300. The number of hydrogen-bond donors (Lipinski definition) is 4. The molecule has 4 rings (SSSR count). The lowest BCUT2D eigenvalue weighted by atomic mass is 10.1. The summed E-state index contributed by atoms with van der Waals surface area (Å²) in [5.41, 5.74) is 2.39. The summed E-state index contributed by atoms with van der Waals surface area (Å²) in [6, 6.07) is 17.2. The van der Waals surface area contributed by atoms with Crippen molar-refractivity contribution in [2.75, 3.05) is 6.54 Å². The van der Waals surface area contributed by atoms with Gasteiger partial charge in [-0.25, -0.2) is 4.79 Å². The summed E-state index contributed by atoms with van der Waals surface area (Å²) < 4.78 is 0. The molecule has 0 spiro atoms. The smallest absolute Gasteiger partial charge is 0.339 e. The number of hydrogen-bond acceptors (Lipinski definition) is 5. The fourth-order valence-corrected chi connectivity index (χ4v) is 3.75. The number of nitrogens with zero attached hydrogens (tertiary/aromatic N) is 1. The Kier molecular flexibility index (Phi) is 6.05. The lowest BCUT2D eigenvalue weighted by molar-refractivity contribution is -0.128. The first-order valence-corrected chi connectivity index (χ1v) is 10.4. The van der Waals surface area contributed by atoms with E-state index in [0.29, 0.717) is 29.9 Å². The predicted molar refractivity (Wildman–Crippen MR) is 125 cm³/mol. The van der Waals surface area contributed by atoms with E-state index < -0.39 is 17.8 Å². The van der Waals surface area contributed by atoms with Gasteiger partial charge in [-0.05, 0) is 54.5 Å². The van der Waals surface area contributed by atoms with Crippen molar-refractivity contribution in [1.29, 1.82) is 0 Å². The Balaban J connectivity index is 1.55. The number of carboxylic acid groups (broad SMARTS) is 1. The number of aromatic carboxylic acids is 1. The van der Waals surface area contributed by atoms with Gasteiger partial charge >= 0.3 is 5.97 Å². The van der Waals surface area contributed by atoms with Gasteiger partial charge in [0.05, 0.1) is 0 Å². The van der Waals surface area contributed by atoms with Crippen LogP contribution in [0.3, 0.4) is 0 Å². The van der Waals surface area contributed by atoms with Gasteiger partial charge in [-0.15, -0.1) is 0 Å². The molecule has 1 aliphatic heterocycles. The molecule has 8 nitrogen and oxygen atoms in total. The number of aromatic hydroxyl groups is 1. The molecule has 33 heavy (non-hydrogen) atoms. The Hall–Kier alpha value is -4.24. The second-order valence-electron chi connectivity index (χ2n) is 7.37. The van der Waals surface area contributed by atoms with Crippen LogP contribution in [0.4, 0.5) is 0 Å². The molecule has 0 bridgehead atoms. The maximum atomic E-state index is 13.0. The van der Waals surface area contributed by atoms with Crippen LogP contribution in [0.1, 0.15) is 21.6 Å². The first-order chi connectivity index (χ1) is 15.8. The third-order valence-electron chi connectivity index (χ3n) is 5.20. The Labute approximate surface area is 194 Å². The zero-order valence-corrected chi connectivity index (χ0v) is 18.1. The molecule has 0 aliphatic carbocycles. The highest BCUT2D eigenvalue weighted by Crippen LogP contribution is 2.27. The van der Waals surface area contributed by atoms with Crippen LogP contribution in [0.15, 0.2) is 66.2 Å². The maximum Gasteiger partial charge on any atom is 0.339 e. The van der Waals surface area contributed by atoms with Crippen LogP contribution < -0.4 is 5.32 Å². The van der Waals surface area contributed by atoms with Crippen molar-refractivity contribution in [3.63, 3.8) is 0 Å². The van der Waals surface area contributed by atoms with Gasteiger partial charge in [0.25, 0.3) is 11.8 Å². The largest absolute Gasteiger partial charge is 0.507 e. The SMILES string of the molecule is O=C1NC(=S)N(CCc2ccccc2)C(=O)/C1=C/c1ccc(-c2ccc(C(=O)O)c(O)c2)[nH]1. The topological polar surface area (TPSA) is 123 Å². The molecule has 2 heterocycles. The predicted octanol–water partition coefficient (Wildman–Crippen LogP) is 2.95. The van der Waals surface area contributed by atoms with Crippen molar-refractivity contribution in [2.45, 2.75) is 6.42 Å². The number of aromatic amines is 1. The standard InChI is InChI=1S/C24H19N3O5S/c28-20-12-15(6-8-17(20)23(31)32)19-9-7-16(25-19)13-18-21(29)26-24(33)27(22(18)30)11-10-14-4-2-1-3-5-14/h1-9,12-13,25,28H,10-11H2,(H,31,32)(H,26,29,33)/b18-13+. The van der Waals surface area contributed by atoms with E-state index in [-0.39, 0.29) is 22.0 Å². The average molecular weight is 461 g/mol. The molecule has 166 valence electrons. The molecule has 3 aromatic rings. The number of carboxylic acids is 1. The van der Waals surface area contributed by atoms with Gasteiger partial charge in [-0.1, -0.05) is 36.4 Å². The van der Waals surface area contributed by atoms with Crippen molar-refractivity contribution in [3.05, 3.63) is 83.1 Å². The molecule has 1 aliphatic rings. The van der Waals surface area contributed by atoms with Gasteiger partial charge in [-0.2, -0.15) is 0 Å². The van der Waals surface area contributed by atoms with E-state index in [2.05, 4.69) is 10.3 Å². The van der Waals surface area contributed by atoms with Crippen LogP contribution in [0.2, 0.25) is 0 Å². The summed E-state index contributed by atoms with van der Waals surface area (Å²) in [6.45, 7) is 0.324. The number of carbonyl (C=O) groups is 3. The molecule has 2 amide bonds. The van der Waals surface area contributed by atoms with Crippen molar-refractivity contribution in [1.82, 2.24) is 15.2 Å². The van der Waals surface area contributed by atoms with E-state index in [1.165, 1.54) is 23.1 Å². The second kappa shape index (κ2) is 9.09. The number of benzene rings is 2. The lowest BCUT2D eigenvalue weighted by Gasteiger charge is -2.28. The van der Waals surface area contributed by atoms with Gasteiger partial charge in [0, 0.05) is 23.5 Å². The second-order valence-corrected chi connectivity index (χ2v) is 7.76. The molecule has 0 radical (unpaired) electrons. The third kappa shape index (κ3) is 4.68. The lowest BCUT2D eigenvalue weighted by Crippen LogP contribution is -2.54. The monoisotopic (exact) mass is 461 g/mol. The fourth-order valence-electron chi connectivity index (χ4n) is 3.48. The number of rotatable bonds is 6. The quantitative estimate of drug-likeness (QED) is 0.254. The zero-order chi connectivity index (χ0) is 23.5. The maximum absolute atomic E-state index is 13.0. The number of H-pyrrole nitrogens is 1. The number of thiocarbonyl (C=S) groups is 1. The highest BCUT2D eigenvalue weighted by Gasteiger charge is 2.33. The van der Waals surface area contributed by atoms with Crippen molar-refractivity contribution in [2.24, 2.45) is 0 Å². The summed E-state index contributed by atoms with van der Waals surface area (Å²) in [6.07, 6.45) is 2.02. The summed E-state index contributed by atoms with van der Waals surface area (Å²) in [5.74, 6) is -2.66. The van der Waals surface area contributed by atoms with Crippen LogP contribution in [0.25, 0.3) is 17.3 Å². The molecule has 2 aromatic carbocycles. The van der Waals surface area contributed by atoms with E-state index in [1.807, 2.05) is 30.3 Å². The van der Waals surface area contributed by atoms with E-state index >= 15 is 0 Å². The Morgan fingerprint density at radius 1 is 1.06 bits per heavy atom. The van der Waals surface area contributed by atoms with Crippen LogP contribution in [0.5, 0.6) is 5.75 Å². The third-order valence-corrected chi connectivity index (χ3v) is 5.52. The summed E-state index contributed by atoms with van der Waals surface area (Å²) in [4.78, 5) is 40.9. The summed E-state index contributed by atoms with van der Waals surface area (Å²) in [7, 11) is 0. The van der Waals surface area contributed by atoms with Gasteiger partial charge in [0.2, 0.25) is 0 Å². The van der Waals surface area contributed by atoms with Crippen molar-refractivity contribution >= 4 is 41.2 Å². The van der Waals surface area contributed by atoms with Gasteiger partial charge in [-0.3, -0.25) is 19.8 Å². The van der Waals surface area contributed by atoms with Gasteiger partial charge in [0.15, 0.2) is 5.11 Å². The fraction of sp³-hybridized carbons (Fsp3) is 0.0833. The minimum absolute atomic E-state index is 0.0610. The first kappa shape index (κ1) is 22.0. The molecule has 0 saturated carbocycles. The van der Waals surface area contributed by atoms with Gasteiger partial charge in [0.1, 0.15) is 16.9 Å². The number of aromatic nitrogens is 1. The highest BCUT2D eigenvalue weighted by molar-refractivity contribution is 7.80. The van der Waals surface area contributed by atoms with Crippen LogP contribution >= 0.6 is 12.2 Å². The Morgan fingerprint density at radius 3 is 2.52 bits per heavy atom. The number of carbonyl (C=O) groups excluding carboxylic acids is 2. The van der Waals surface area contributed by atoms with Crippen LogP contribution in [-0.2, 0) is 16.0 Å². The number of nitrogens with one attached hydrogen (secondary N) is 2. The van der Waals surface area contributed by atoms with E-state index in [0.717, 1.165) is 5.56 Å². The highest BCUT2D eigenvalue weighted by atomic mass is 32.1. The summed E-state index contributed by atoms with van der Waals surface area (Å²) >= 11 is 5.20. The molecule has 1 saturated heterocycles.